The van der Waals surface area contributed by atoms with Crippen molar-refractivity contribution in [1.82, 2.24) is 5.32 Å². The van der Waals surface area contributed by atoms with Crippen LogP contribution in [0.4, 0.5) is 4.79 Å². The Balaban J connectivity index is 2.84. The van der Waals surface area contributed by atoms with E-state index in [1.54, 1.807) is 0 Å². The Bertz CT molecular complexity index is 270. The Morgan fingerprint density at radius 2 is 2.22 bits per heavy atom. The van der Waals surface area contributed by atoms with E-state index in [9.17, 15) is 4.79 Å². The number of hydrogen-bond acceptors (Lipinski definition) is 3. The summed E-state index contributed by atoms with van der Waals surface area (Å²) in [5.41, 5.74) is 5.76. The van der Waals surface area contributed by atoms with E-state index in [1.807, 2.05) is 0 Å². The van der Waals surface area contributed by atoms with Gasteiger partial charge in [0.2, 0.25) is 0 Å². The summed E-state index contributed by atoms with van der Waals surface area (Å²) in [5.74, 6) is 0.568. The summed E-state index contributed by atoms with van der Waals surface area (Å²) < 4.78 is 5.54. The van der Waals surface area contributed by atoms with Crippen LogP contribution in [0.1, 0.15) is 33.6 Å². The van der Waals surface area contributed by atoms with Crippen molar-refractivity contribution in [3.8, 4) is 0 Å². The summed E-state index contributed by atoms with van der Waals surface area (Å²) >= 11 is 0. The van der Waals surface area contributed by atoms with Gasteiger partial charge in [-0.3, -0.25) is 0 Å². The lowest BCUT2D eigenvalue weighted by Crippen LogP contribution is -2.52. The molecule has 4 N–H and O–H groups in total. The van der Waals surface area contributed by atoms with Crippen molar-refractivity contribution in [3.05, 3.63) is 0 Å². The van der Waals surface area contributed by atoms with Gasteiger partial charge in [0.05, 0.1) is 0 Å². The van der Waals surface area contributed by atoms with Crippen molar-refractivity contribution in [3.63, 3.8) is 0 Å². The highest BCUT2D eigenvalue weighted by Crippen LogP contribution is 2.38. The molecule has 3 unspecified atom stereocenters. The number of carboxylic acid groups (broad SMARTS) is 1. The quantitative estimate of drug-likeness (QED) is 0.716. The smallest absolute Gasteiger partial charge is 0.404 e. The third-order valence-corrected chi connectivity index (χ3v) is 3.70. The predicted octanol–water partition coefficient (Wildman–Crippen LogP) is 1.67. The molecule has 0 aromatic carbocycles. The first-order chi connectivity index (χ1) is 8.36. The van der Waals surface area contributed by atoms with E-state index in [0.29, 0.717) is 19.1 Å². The van der Waals surface area contributed by atoms with Gasteiger partial charge in [-0.25, -0.2) is 4.79 Å². The Morgan fingerprint density at radius 1 is 1.56 bits per heavy atom. The minimum Gasteiger partial charge on any atom is -0.465 e. The molecule has 0 radical (unpaired) electrons. The van der Waals surface area contributed by atoms with Crippen LogP contribution in [0, 0.1) is 17.3 Å². The summed E-state index contributed by atoms with van der Waals surface area (Å²) in [6.45, 7) is 8.26. The molecule has 0 aromatic rings. The Kier molecular flexibility index (Phi) is 5.41. The van der Waals surface area contributed by atoms with Crippen LogP contribution in [0.25, 0.3) is 0 Å². The zero-order valence-electron chi connectivity index (χ0n) is 11.6. The van der Waals surface area contributed by atoms with Crippen molar-refractivity contribution in [2.24, 2.45) is 23.0 Å². The molecule has 0 aliphatic carbocycles. The van der Waals surface area contributed by atoms with E-state index in [4.69, 9.17) is 15.6 Å². The average molecular weight is 258 g/mol. The molecule has 106 valence electrons. The van der Waals surface area contributed by atoms with Crippen LogP contribution in [0.2, 0.25) is 0 Å². The Labute approximate surface area is 109 Å². The van der Waals surface area contributed by atoms with Crippen molar-refractivity contribution in [2.45, 2.75) is 39.7 Å². The van der Waals surface area contributed by atoms with Crippen LogP contribution >= 0.6 is 0 Å². The summed E-state index contributed by atoms with van der Waals surface area (Å²) in [5, 5.41) is 11.5. The first kappa shape index (κ1) is 15.2. The van der Waals surface area contributed by atoms with Crippen molar-refractivity contribution in [2.75, 3.05) is 19.8 Å². The van der Waals surface area contributed by atoms with Crippen LogP contribution in [-0.4, -0.2) is 37.0 Å². The summed E-state index contributed by atoms with van der Waals surface area (Å²) in [4.78, 5) is 10.9. The number of carbonyl (C=O) groups is 1. The number of nitrogens with one attached hydrogen (secondary N) is 1. The molecule has 3 atom stereocenters. The number of rotatable bonds is 4. The van der Waals surface area contributed by atoms with E-state index in [0.717, 1.165) is 19.4 Å². The maximum Gasteiger partial charge on any atom is 0.404 e. The molecule has 5 nitrogen and oxygen atoms in total. The lowest BCUT2D eigenvalue weighted by Gasteiger charge is -2.43. The molecule has 0 spiro atoms. The third kappa shape index (κ3) is 4.14. The summed E-state index contributed by atoms with van der Waals surface area (Å²) in [6, 6.07) is -0.214. The molecule has 1 fully saturated rings. The van der Waals surface area contributed by atoms with E-state index in [-0.39, 0.29) is 17.4 Å². The highest BCUT2D eigenvalue weighted by atomic mass is 16.5. The first-order valence-electron chi connectivity index (χ1n) is 6.63. The zero-order chi connectivity index (χ0) is 13.8. The highest BCUT2D eigenvalue weighted by Gasteiger charge is 2.39. The van der Waals surface area contributed by atoms with Crippen molar-refractivity contribution < 1.29 is 14.6 Å². The fourth-order valence-electron chi connectivity index (χ4n) is 3.14. The maximum atomic E-state index is 10.9. The van der Waals surface area contributed by atoms with Gasteiger partial charge < -0.3 is 20.9 Å². The Morgan fingerprint density at radius 3 is 2.61 bits per heavy atom. The lowest BCUT2D eigenvalue weighted by atomic mass is 9.67. The van der Waals surface area contributed by atoms with Gasteiger partial charge in [0.25, 0.3) is 0 Å². The highest BCUT2D eigenvalue weighted by molar-refractivity contribution is 5.64. The molecule has 1 aliphatic heterocycles. The predicted molar refractivity (Wildman–Crippen MR) is 70.5 cm³/mol. The monoisotopic (exact) mass is 258 g/mol. The van der Waals surface area contributed by atoms with E-state index in [1.165, 1.54) is 0 Å². The molecule has 1 saturated heterocycles. The molecule has 1 aliphatic rings. The second kappa shape index (κ2) is 6.38. The molecule has 1 rings (SSSR count). The number of nitrogens with two attached hydrogens (primary N) is 1. The van der Waals surface area contributed by atoms with Gasteiger partial charge in [-0.15, -0.1) is 0 Å². The van der Waals surface area contributed by atoms with E-state index >= 15 is 0 Å². The van der Waals surface area contributed by atoms with Gasteiger partial charge in [-0.1, -0.05) is 20.8 Å². The van der Waals surface area contributed by atoms with Crippen LogP contribution in [-0.2, 0) is 4.74 Å². The fraction of sp³-hybridized carbons (Fsp3) is 0.923. The average Bonchev–Trinajstić information content (AvgIpc) is 2.27. The zero-order valence-corrected chi connectivity index (χ0v) is 11.6. The van der Waals surface area contributed by atoms with Gasteiger partial charge >= 0.3 is 6.09 Å². The molecule has 1 amide bonds. The van der Waals surface area contributed by atoms with E-state index in [2.05, 4.69) is 26.1 Å². The molecular formula is C13H26N2O3. The van der Waals surface area contributed by atoms with Gasteiger partial charge in [0.1, 0.15) is 0 Å². The fourth-order valence-corrected chi connectivity index (χ4v) is 3.14. The van der Waals surface area contributed by atoms with Gasteiger partial charge in [0, 0.05) is 25.8 Å². The second-order valence-electron chi connectivity index (χ2n) is 6.16. The molecule has 5 heteroatoms. The SMILES string of the molecule is CC(C)(C)C(C1CCCOC1)C(CN)NC(=O)O. The minimum atomic E-state index is -1.00. The minimum absolute atomic E-state index is 0.00213. The number of amides is 1. The van der Waals surface area contributed by atoms with Gasteiger partial charge in [0.15, 0.2) is 0 Å². The summed E-state index contributed by atoms with van der Waals surface area (Å²) in [7, 11) is 0. The largest absolute Gasteiger partial charge is 0.465 e. The lowest BCUT2D eigenvalue weighted by molar-refractivity contribution is -0.00958. The van der Waals surface area contributed by atoms with Gasteiger partial charge in [-0.2, -0.15) is 0 Å². The van der Waals surface area contributed by atoms with Crippen LogP contribution in [0.5, 0.6) is 0 Å². The topological polar surface area (TPSA) is 84.6 Å². The molecule has 0 aromatic heterocycles. The number of ether oxygens (including phenoxy) is 1. The standard InChI is InChI=1S/C13H26N2O3/c1-13(2,3)11(9-5-4-6-18-8-9)10(7-14)15-12(16)17/h9-11,15H,4-8,14H2,1-3H3,(H,16,17). The normalized spacial score (nSPS) is 24.3. The molecule has 1 heterocycles. The van der Waals surface area contributed by atoms with Crippen LogP contribution in [0.3, 0.4) is 0 Å². The number of hydrogen-bond donors (Lipinski definition) is 3. The molecule has 0 bridgehead atoms. The molecule has 0 saturated carbocycles. The maximum absolute atomic E-state index is 10.9. The third-order valence-electron chi connectivity index (χ3n) is 3.70. The van der Waals surface area contributed by atoms with Crippen LogP contribution in [0.15, 0.2) is 0 Å². The molecular weight excluding hydrogens is 232 g/mol. The van der Waals surface area contributed by atoms with Crippen LogP contribution < -0.4 is 11.1 Å². The van der Waals surface area contributed by atoms with Gasteiger partial charge in [-0.05, 0) is 30.1 Å². The molecule has 18 heavy (non-hydrogen) atoms. The second-order valence-corrected chi connectivity index (χ2v) is 6.16. The Hall–Kier alpha value is -0.810. The summed E-state index contributed by atoms with van der Waals surface area (Å²) in [6.07, 6.45) is 1.12. The van der Waals surface area contributed by atoms with Crippen molar-refractivity contribution >= 4 is 6.09 Å². The van der Waals surface area contributed by atoms with E-state index < -0.39 is 6.09 Å². The first-order valence-corrected chi connectivity index (χ1v) is 6.63. The van der Waals surface area contributed by atoms with Crippen molar-refractivity contribution in [1.29, 1.82) is 0 Å².